The lowest BCUT2D eigenvalue weighted by molar-refractivity contribution is -0.161. The Morgan fingerprint density at radius 2 is 1.65 bits per heavy atom. The minimum Gasteiger partial charge on any atom is -0.494 e. The minimum absolute atomic E-state index is 0.0805. The van der Waals surface area contributed by atoms with Gasteiger partial charge < -0.3 is 38.5 Å². The Morgan fingerprint density at radius 1 is 0.907 bits per heavy atom. The van der Waals surface area contributed by atoms with Crippen LogP contribution < -0.4 is 10.1 Å². The van der Waals surface area contributed by atoms with E-state index in [0.29, 0.717) is 42.4 Å². The summed E-state index contributed by atoms with van der Waals surface area (Å²) >= 11 is 1.76. The van der Waals surface area contributed by atoms with E-state index in [9.17, 15) is 14.4 Å². The van der Waals surface area contributed by atoms with E-state index < -0.39 is 17.3 Å². The summed E-state index contributed by atoms with van der Waals surface area (Å²) in [6.07, 6.45) is 5.10. The predicted octanol–water partition coefficient (Wildman–Crippen LogP) is 7.32. The largest absolute Gasteiger partial charge is 0.494 e. The zero-order valence-electron chi connectivity index (χ0n) is 32.9. The molecule has 3 aromatic heterocycles. The maximum Gasteiger partial charge on any atom is 0.407 e. The number of piperidine rings is 2. The molecule has 0 bridgehead atoms. The first-order valence-electron chi connectivity index (χ1n) is 19.5. The number of ether oxygens (including phenoxy) is 3. The van der Waals surface area contributed by atoms with Gasteiger partial charge in [-0.2, -0.15) is 0 Å². The Balaban J connectivity index is 1.18. The molecule has 0 spiro atoms. The summed E-state index contributed by atoms with van der Waals surface area (Å²) in [7, 11) is 1.65. The SMILES string of the molecule is COc1cc(C(=O)N2CCC[C@@H](NC(=O)OC(C)(C)C)C2)cc2nc(-c3cc4ccsc4n3CC3CC3)n(CCN3CCC(C(=O)OC(C)(C)C)CC3)c12. The lowest BCUT2D eigenvalue weighted by Gasteiger charge is -2.33. The summed E-state index contributed by atoms with van der Waals surface area (Å²) in [5.41, 5.74) is 2.06. The number of hydrogen-bond acceptors (Lipinski definition) is 9. The van der Waals surface area contributed by atoms with E-state index in [1.165, 1.54) is 23.1 Å². The molecule has 5 heterocycles. The highest BCUT2D eigenvalue weighted by molar-refractivity contribution is 7.16. The van der Waals surface area contributed by atoms with Crippen LogP contribution in [-0.2, 0) is 27.4 Å². The minimum atomic E-state index is -0.601. The number of alkyl carbamates (subject to hydrolysis) is 1. The monoisotopic (exact) mass is 760 g/mol. The van der Waals surface area contributed by atoms with Gasteiger partial charge in [0.05, 0.1) is 24.2 Å². The third-order valence-corrected chi connectivity index (χ3v) is 11.5. The smallest absolute Gasteiger partial charge is 0.407 e. The average Bonchev–Trinajstić information content (AvgIpc) is 3.52. The van der Waals surface area contributed by atoms with Crippen molar-refractivity contribution in [2.45, 2.75) is 110 Å². The van der Waals surface area contributed by atoms with E-state index in [4.69, 9.17) is 19.2 Å². The van der Waals surface area contributed by atoms with E-state index in [1.807, 2.05) is 53.7 Å². The molecule has 2 amide bonds. The Bertz CT molecular complexity index is 2000. The number of imidazole rings is 1. The molecule has 3 aliphatic rings. The molecule has 3 fully saturated rings. The van der Waals surface area contributed by atoms with Gasteiger partial charge in [-0.25, -0.2) is 9.78 Å². The second kappa shape index (κ2) is 15.2. The number of thiophene rings is 1. The van der Waals surface area contributed by atoms with Gasteiger partial charge in [-0.3, -0.25) is 9.59 Å². The van der Waals surface area contributed by atoms with E-state index in [0.717, 1.165) is 68.9 Å². The van der Waals surface area contributed by atoms with Crippen molar-refractivity contribution < 1.29 is 28.6 Å². The predicted molar refractivity (Wildman–Crippen MR) is 211 cm³/mol. The Labute approximate surface area is 322 Å². The number of fused-ring (bicyclic) bond motifs is 2. The lowest BCUT2D eigenvalue weighted by atomic mass is 9.96. The number of esters is 1. The van der Waals surface area contributed by atoms with Crippen molar-refractivity contribution in [1.29, 1.82) is 0 Å². The van der Waals surface area contributed by atoms with Crippen LogP contribution in [0, 0.1) is 11.8 Å². The number of aromatic nitrogens is 3. The zero-order chi connectivity index (χ0) is 38.4. The quantitative estimate of drug-likeness (QED) is 0.167. The van der Waals surface area contributed by atoms with E-state index in [2.05, 4.69) is 36.9 Å². The second-order valence-corrected chi connectivity index (χ2v) is 18.2. The van der Waals surface area contributed by atoms with Crippen LogP contribution in [0.25, 0.3) is 32.8 Å². The highest BCUT2D eigenvalue weighted by Crippen LogP contribution is 2.40. The molecule has 1 aliphatic carbocycles. The number of nitrogens with zero attached hydrogens (tertiary/aromatic N) is 5. The number of likely N-dealkylation sites (tertiary alicyclic amines) is 2. The normalized spacial score (nSPS) is 19.0. The van der Waals surface area contributed by atoms with Crippen LogP contribution in [0.5, 0.6) is 5.75 Å². The maximum atomic E-state index is 14.1. The lowest BCUT2D eigenvalue weighted by Crippen LogP contribution is -2.50. The molecule has 1 atom stereocenters. The number of benzene rings is 1. The van der Waals surface area contributed by atoms with Crippen molar-refractivity contribution in [2.75, 3.05) is 39.8 Å². The molecule has 2 saturated heterocycles. The summed E-state index contributed by atoms with van der Waals surface area (Å²) < 4.78 is 21.9. The van der Waals surface area contributed by atoms with Gasteiger partial charge in [0.2, 0.25) is 0 Å². The van der Waals surface area contributed by atoms with Gasteiger partial charge >= 0.3 is 12.1 Å². The molecule has 1 aromatic carbocycles. The standard InChI is InChI=1S/C41H56N6O6S/c1-40(2,3)52-38(49)27-12-16-44(17-13-27)18-19-46-34-31(43-35(46)32-22-28-14-20-54-37(28)47(32)24-26-10-11-26)21-29(23-33(34)51-7)36(48)45-15-8-9-30(25-45)42-39(50)53-41(4,5)6/h14,20-23,26-27,30H,8-13,15-19,24-25H2,1-7H3,(H,42,50)/t30-/m1/s1. The van der Waals surface area contributed by atoms with E-state index in [1.54, 1.807) is 23.3 Å². The average molecular weight is 761 g/mol. The molecule has 0 unspecified atom stereocenters. The van der Waals surface area contributed by atoms with Gasteiger partial charge in [0.1, 0.15) is 27.3 Å². The molecule has 7 rings (SSSR count). The topological polar surface area (TPSA) is 120 Å². The van der Waals surface area contributed by atoms with Crippen molar-refractivity contribution in [1.82, 2.24) is 29.2 Å². The van der Waals surface area contributed by atoms with E-state index >= 15 is 0 Å². The maximum absolute atomic E-state index is 14.1. The van der Waals surface area contributed by atoms with Crippen molar-refractivity contribution in [2.24, 2.45) is 11.8 Å². The van der Waals surface area contributed by atoms with Gasteiger partial charge in [-0.1, -0.05) is 0 Å². The number of rotatable bonds is 10. The summed E-state index contributed by atoms with van der Waals surface area (Å²) in [6.45, 7) is 16.3. The molecule has 1 saturated carbocycles. The van der Waals surface area contributed by atoms with Crippen LogP contribution in [0.1, 0.15) is 90.4 Å². The second-order valence-electron chi connectivity index (χ2n) is 17.3. The Hall–Kier alpha value is -4.10. The third kappa shape index (κ3) is 8.72. The van der Waals surface area contributed by atoms with Crippen LogP contribution >= 0.6 is 11.3 Å². The Morgan fingerprint density at radius 3 is 2.33 bits per heavy atom. The molecule has 1 N–H and O–H groups in total. The summed E-state index contributed by atoms with van der Waals surface area (Å²) in [5.74, 6) is 1.83. The zero-order valence-corrected chi connectivity index (χ0v) is 33.7. The van der Waals surface area contributed by atoms with Crippen molar-refractivity contribution >= 4 is 50.6 Å². The van der Waals surface area contributed by atoms with Crippen molar-refractivity contribution in [3.63, 3.8) is 0 Å². The number of nitrogens with one attached hydrogen (secondary N) is 1. The van der Waals surface area contributed by atoms with Gasteiger partial charge in [0.25, 0.3) is 5.91 Å². The Kier molecular flexibility index (Phi) is 10.8. The molecular formula is C41H56N6O6S. The van der Waals surface area contributed by atoms with Crippen LogP contribution in [0.3, 0.4) is 0 Å². The van der Waals surface area contributed by atoms with Crippen LogP contribution in [0.4, 0.5) is 4.79 Å². The molecule has 12 nitrogen and oxygen atoms in total. The molecule has 54 heavy (non-hydrogen) atoms. The summed E-state index contributed by atoms with van der Waals surface area (Å²) in [4.78, 5) is 50.3. The molecule has 292 valence electrons. The molecule has 0 radical (unpaired) electrons. The number of carbonyl (C=O) groups excluding carboxylic acids is 3. The first kappa shape index (κ1) is 38.2. The molecule has 2 aliphatic heterocycles. The highest BCUT2D eigenvalue weighted by Gasteiger charge is 2.32. The van der Waals surface area contributed by atoms with Gasteiger partial charge in [-0.05, 0) is 129 Å². The number of carbonyl (C=O) groups is 3. The van der Waals surface area contributed by atoms with Crippen LogP contribution in [0.2, 0.25) is 0 Å². The fourth-order valence-electron chi connectivity index (χ4n) is 7.78. The van der Waals surface area contributed by atoms with Crippen molar-refractivity contribution in [3.8, 4) is 17.3 Å². The molecule has 13 heteroatoms. The first-order valence-corrected chi connectivity index (χ1v) is 20.4. The number of hydrogen-bond donors (Lipinski definition) is 1. The van der Waals surface area contributed by atoms with Crippen molar-refractivity contribution in [3.05, 3.63) is 35.2 Å². The summed E-state index contributed by atoms with van der Waals surface area (Å²) in [5, 5.41) is 6.32. The first-order chi connectivity index (χ1) is 25.7. The van der Waals surface area contributed by atoms with Gasteiger partial charge in [-0.15, -0.1) is 11.3 Å². The number of methoxy groups -OCH3 is 1. The number of amides is 2. The van der Waals surface area contributed by atoms with E-state index in [-0.39, 0.29) is 23.8 Å². The fraction of sp³-hybridized carbons (Fsp3) is 0.610. The highest BCUT2D eigenvalue weighted by atomic mass is 32.1. The van der Waals surface area contributed by atoms with Gasteiger partial charge in [0, 0.05) is 49.7 Å². The third-order valence-electron chi connectivity index (χ3n) is 10.5. The van der Waals surface area contributed by atoms with Gasteiger partial charge in [0.15, 0.2) is 5.82 Å². The fourth-order valence-corrected chi connectivity index (χ4v) is 8.68. The molecular weight excluding hydrogens is 705 g/mol. The van der Waals surface area contributed by atoms with Crippen LogP contribution in [-0.4, -0.2) is 99.0 Å². The molecule has 4 aromatic rings. The summed E-state index contributed by atoms with van der Waals surface area (Å²) in [6, 6.07) is 7.97. The van der Waals surface area contributed by atoms with Crippen LogP contribution in [0.15, 0.2) is 29.6 Å².